The normalized spacial score (nSPS) is 19.3. The third-order valence-corrected chi connectivity index (χ3v) is 3.26. The summed E-state index contributed by atoms with van der Waals surface area (Å²) in [5.41, 5.74) is 1.98. The number of hydrogen-bond donors (Lipinski definition) is 3. The van der Waals surface area contributed by atoms with Gasteiger partial charge in [-0.05, 0) is 30.9 Å². The molecule has 2 atom stereocenters. The maximum atomic E-state index is 10.5. The van der Waals surface area contributed by atoms with Crippen LogP contribution in [0.1, 0.15) is 34.1 Å². The molecule has 1 aliphatic rings. The van der Waals surface area contributed by atoms with E-state index >= 15 is 0 Å². The van der Waals surface area contributed by atoms with E-state index < -0.39 is 11.9 Å². The van der Waals surface area contributed by atoms with Gasteiger partial charge in [0.25, 0.3) is 0 Å². The first kappa shape index (κ1) is 14.8. The molecular formula is C15H16N2O4. The lowest BCUT2D eigenvalue weighted by Crippen LogP contribution is -1.98. The highest BCUT2D eigenvalue weighted by atomic mass is 16.4. The number of carboxylic acids is 2. The number of carbonyl (C=O) groups is 2. The molecule has 1 aromatic heterocycles. The van der Waals surface area contributed by atoms with Crippen LogP contribution in [-0.4, -0.2) is 32.3 Å². The highest BCUT2D eigenvalue weighted by molar-refractivity contribution is 5.85. The molecule has 0 spiro atoms. The van der Waals surface area contributed by atoms with E-state index in [4.69, 9.17) is 10.2 Å². The Kier molecular flexibility index (Phi) is 4.37. The molecule has 3 N–H and O–H groups in total. The van der Waals surface area contributed by atoms with Crippen LogP contribution in [0.5, 0.6) is 0 Å². The van der Waals surface area contributed by atoms with Gasteiger partial charge in [-0.3, -0.25) is 9.89 Å². The van der Waals surface area contributed by atoms with Gasteiger partial charge in [-0.2, -0.15) is 5.10 Å². The van der Waals surface area contributed by atoms with Crippen LogP contribution in [0.25, 0.3) is 0 Å². The monoisotopic (exact) mass is 288 g/mol. The first-order valence-corrected chi connectivity index (χ1v) is 6.52. The van der Waals surface area contributed by atoms with Crippen molar-refractivity contribution in [2.24, 2.45) is 5.92 Å². The molecule has 1 fully saturated rings. The Bertz CT molecular complexity index is 636. The fourth-order valence-electron chi connectivity index (χ4n) is 2.06. The Morgan fingerprint density at radius 1 is 1.24 bits per heavy atom. The zero-order valence-corrected chi connectivity index (χ0v) is 11.5. The summed E-state index contributed by atoms with van der Waals surface area (Å²) in [4.78, 5) is 20.7. The molecule has 3 rings (SSSR count). The van der Waals surface area contributed by atoms with E-state index in [0.717, 1.165) is 17.7 Å². The van der Waals surface area contributed by atoms with Crippen molar-refractivity contribution in [2.45, 2.75) is 19.3 Å². The van der Waals surface area contributed by atoms with Crippen LogP contribution in [0, 0.1) is 12.8 Å². The van der Waals surface area contributed by atoms with Gasteiger partial charge in [0.15, 0.2) is 5.69 Å². The lowest BCUT2D eigenvalue weighted by Gasteiger charge is -1.95. The van der Waals surface area contributed by atoms with E-state index in [1.54, 1.807) is 6.92 Å². The van der Waals surface area contributed by atoms with Crippen molar-refractivity contribution in [1.29, 1.82) is 0 Å². The molecule has 0 saturated heterocycles. The van der Waals surface area contributed by atoms with E-state index in [-0.39, 0.29) is 17.5 Å². The van der Waals surface area contributed by atoms with Crippen molar-refractivity contribution in [1.82, 2.24) is 10.2 Å². The summed E-state index contributed by atoms with van der Waals surface area (Å²) in [5, 5.41) is 23.0. The van der Waals surface area contributed by atoms with Gasteiger partial charge in [-0.25, -0.2) is 4.79 Å². The Morgan fingerprint density at radius 3 is 2.29 bits per heavy atom. The van der Waals surface area contributed by atoms with E-state index in [2.05, 4.69) is 10.2 Å². The van der Waals surface area contributed by atoms with Gasteiger partial charge in [0.2, 0.25) is 0 Å². The average molecular weight is 288 g/mol. The Morgan fingerprint density at radius 2 is 1.90 bits per heavy atom. The minimum absolute atomic E-state index is 0.0625. The minimum Gasteiger partial charge on any atom is -0.481 e. The lowest BCUT2D eigenvalue weighted by molar-refractivity contribution is -0.138. The van der Waals surface area contributed by atoms with E-state index in [1.165, 1.54) is 6.07 Å². The smallest absolute Gasteiger partial charge is 0.356 e. The molecule has 2 aromatic rings. The second-order valence-corrected chi connectivity index (χ2v) is 4.94. The van der Waals surface area contributed by atoms with E-state index in [0.29, 0.717) is 0 Å². The van der Waals surface area contributed by atoms with Crippen molar-refractivity contribution in [3.63, 3.8) is 0 Å². The number of aryl methyl sites for hydroxylation is 1. The third-order valence-electron chi connectivity index (χ3n) is 3.26. The number of aliphatic carboxylic acids is 1. The number of hydrogen-bond acceptors (Lipinski definition) is 3. The molecule has 6 nitrogen and oxygen atoms in total. The van der Waals surface area contributed by atoms with E-state index in [9.17, 15) is 9.59 Å². The molecule has 0 bridgehead atoms. The molecule has 2 unspecified atom stereocenters. The molecule has 1 heterocycles. The van der Waals surface area contributed by atoms with Crippen LogP contribution in [0.15, 0.2) is 36.4 Å². The quantitative estimate of drug-likeness (QED) is 0.804. The maximum Gasteiger partial charge on any atom is 0.356 e. The summed E-state index contributed by atoms with van der Waals surface area (Å²) in [7, 11) is 0. The number of aromatic amines is 1. The second-order valence-electron chi connectivity index (χ2n) is 4.94. The van der Waals surface area contributed by atoms with Crippen LogP contribution in [-0.2, 0) is 4.79 Å². The third kappa shape index (κ3) is 3.92. The van der Waals surface area contributed by atoms with Crippen LogP contribution in [0.4, 0.5) is 0 Å². The summed E-state index contributed by atoms with van der Waals surface area (Å²) in [6, 6.07) is 11.3. The summed E-state index contributed by atoms with van der Waals surface area (Å²) in [5.74, 6) is -1.53. The van der Waals surface area contributed by atoms with Crippen molar-refractivity contribution in [3.8, 4) is 0 Å². The van der Waals surface area contributed by atoms with Crippen LogP contribution < -0.4 is 0 Å². The highest BCUT2D eigenvalue weighted by Crippen LogP contribution is 2.47. The Hall–Kier alpha value is -2.63. The SMILES string of the molecule is Cc1cc(C(=O)O)n[nH]1.O=C(O)C1CC1c1ccccc1. The summed E-state index contributed by atoms with van der Waals surface area (Å²) in [6.45, 7) is 1.75. The second kappa shape index (κ2) is 6.21. The highest BCUT2D eigenvalue weighted by Gasteiger charge is 2.43. The molecule has 1 aromatic carbocycles. The maximum absolute atomic E-state index is 10.5. The number of nitrogens with zero attached hydrogens (tertiary/aromatic N) is 1. The molecule has 0 radical (unpaired) electrons. The predicted molar refractivity (Wildman–Crippen MR) is 75.2 cm³/mol. The molecule has 6 heteroatoms. The summed E-state index contributed by atoms with van der Waals surface area (Å²) >= 11 is 0. The zero-order valence-electron chi connectivity index (χ0n) is 11.5. The van der Waals surface area contributed by atoms with Gasteiger partial charge in [0, 0.05) is 5.69 Å². The Labute approximate surface area is 121 Å². The van der Waals surface area contributed by atoms with Gasteiger partial charge in [-0.1, -0.05) is 30.3 Å². The standard InChI is InChI=1S/C10H10O2.C5H6N2O2/c11-10(12)9-6-8(9)7-4-2-1-3-5-7;1-3-2-4(5(8)9)7-6-3/h1-5,8-9H,6H2,(H,11,12);2H,1H3,(H,6,7)(H,8,9). The summed E-state index contributed by atoms with van der Waals surface area (Å²) < 4.78 is 0. The van der Waals surface area contributed by atoms with Crippen LogP contribution in [0.2, 0.25) is 0 Å². The number of benzene rings is 1. The average Bonchev–Trinajstić information content (AvgIpc) is 3.16. The summed E-state index contributed by atoms with van der Waals surface area (Å²) in [6.07, 6.45) is 0.805. The van der Waals surface area contributed by atoms with E-state index in [1.807, 2.05) is 30.3 Å². The largest absolute Gasteiger partial charge is 0.481 e. The molecular weight excluding hydrogens is 272 g/mol. The number of H-pyrrole nitrogens is 1. The van der Waals surface area contributed by atoms with Gasteiger partial charge in [-0.15, -0.1) is 0 Å². The van der Waals surface area contributed by atoms with Gasteiger partial charge >= 0.3 is 11.9 Å². The number of nitrogens with one attached hydrogen (secondary N) is 1. The van der Waals surface area contributed by atoms with Gasteiger partial charge in [0.1, 0.15) is 0 Å². The van der Waals surface area contributed by atoms with Crippen molar-refractivity contribution >= 4 is 11.9 Å². The number of aromatic carboxylic acids is 1. The van der Waals surface area contributed by atoms with Crippen molar-refractivity contribution < 1.29 is 19.8 Å². The molecule has 0 aliphatic heterocycles. The van der Waals surface area contributed by atoms with Gasteiger partial charge < -0.3 is 10.2 Å². The zero-order chi connectivity index (χ0) is 15.4. The minimum atomic E-state index is -1.00. The topological polar surface area (TPSA) is 103 Å². The van der Waals surface area contributed by atoms with Gasteiger partial charge in [0.05, 0.1) is 5.92 Å². The fourth-order valence-corrected chi connectivity index (χ4v) is 2.06. The molecule has 0 amide bonds. The van der Waals surface area contributed by atoms with Crippen molar-refractivity contribution in [3.05, 3.63) is 53.3 Å². The molecule has 1 saturated carbocycles. The van der Waals surface area contributed by atoms with Crippen molar-refractivity contribution in [2.75, 3.05) is 0 Å². The first-order valence-electron chi connectivity index (χ1n) is 6.52. The molecule has 110 valence electrons. The fraction of sp³-hybridized carbons (Fsp3) is 0.267. The number of aromatic nitrogens is 2. The number of carboxylic acid groups (broad SMARTS) is 2. The van der Waals surface area contributed by atoms with Crippen LogP contribution >= 0.6 is 0 Å². The first-order chi connectivity index (χ1) is 9.99. The van der Waals surface area contributed by atoms with Crippen LogP contribution in [0.3, 0.4) is 0 Å². The number of rotatable bonds is 3. The predicted octanol–water partition coefficient (Wildman–Crippen LogP) is 2.29. The lowest BCUT2D eigenvalue weighted by atomic mass is 10.1. The molecule has 21 heavy (non-hydrogen) atoms. The molecule has 1 aliphatic carbocycles. The Balaban J connectivity index is 0.000000161.